The first-order chi connectivity index (χ1) is 14.1. The van der Waals surface area contributed by atoms with Gasteiger partial charge in [-0.05, 0) is 68.2 Å². The maximum atomic E-state index is 13.3. The van der Waals surface area contributed by atoms with Gasteiger partial charge in [0.25, 0.3) is 5.91 Å². The molecule has 0 aliphatic carbocycles. The minimum Gasteiger partial charge on any atom is -0.350 e. The fourth-order valence-corrected chi connectivity index (χ4v) is 4.22. The van der Waals surface area contributed by atoms with E-state index in [0.29, 0.717) is 25.1 Å². The van der Waals surface area contributed by atoms with Crippen molar-refractivity contribution < 1.29 is 14.0 Å². The summed E-state index contributed by atoms with van der Waals surface area (Å²) < 4.78 is 13.3. The molecule has 2 fully saturated rings. The Morgan fingerprint density at radius 1 is 1.03 bits per heavy atom. The van der Waals surface area contributed by atoms with Crippen molar-refractivity contribution in [1.29, 1.82) is 0 Å². The number of hydrogen-bond donors (Lipinski definition) is 1. The van der Waals surface area contributed by atoms with E-state index in [2.05, 4.69) is 10.2 Å². The number of rotatable bonds is 6. The van der Waals surface area contributed by atoms with Crippen molar-refractivity contribution in [1.82, 2.24) is 10.2 Å². The molecule has 6 heteroatoms. The van der Waals surface area contributed by atoms with Crippen LogP contribution in [0.3, 0.4) is 0 Å². The predicted molar refractivity (Wildman–Crippen MR) is 110 cm³/mol. The number of hydrogen-bond acceptors (Lipinski definition) is 3. The van der Waals surface area contributed by atoms with Gasteiger partial charge in [-0.25, -0.2) is 4.39 Å². The van der Waals surface area contributed by atoms with Gasteiger partial charge in [0.1, 0.15) is 5.82 Å². The molecule has 4 rings (SSSR count). The topological polar surface area (TPSA) is 52.7 Å². The second-order valence-electron chi connectivity index (χ2n) is 7.72. The molecule has 29 heavy (non-hydrogen) atoms. The van der Waals surface area contributed by atoms with Crippen LogP contribution in [0, 0.1) is 5.82 Å². The van der Waals surface area contributed by atoms with Crippen molar-refractivity contribution >= 4 is 17.5 Å². The number of carbonyl (C=O) groups excluding carboxylic acids is 2. The SMILES string of the molecule is O=C(NC[C@@H](c1ccc(F)cc1)N1CCCC1)c1cccc(N2CCCC2=O)c1. The number of likely N-dealkylation sites (tertiary alicyclic amines) is 1. The predicted octanol–water partition coefficient (Wildman–Crippen LogP) is 3.52. The largest absolute Gasteiger partial charge is 0.350 e. The molecular weight excluding hydrogens is 369 g/mol. The molecule has 2 aliphatic heterocycles. The number of nitrogens with zero attached hydrogens (tertiary/aromatic N) is 2. The molecule has 0 radical (unpaired) electrons. The van der Waals surface area contributed by atoms with Crippen molar-refractivity contribution in [2.75, 3.05) is 31.1 Å². The van der Waals surface area contributed by atoms with Crippen LogP contribution in [0.4, 0.5) is 10.1 Å². The highest BCUT2D eigenvalue weighted by Gasteiger charge is 2.25. The minimum atomic E-state index is -0.258. The van der Waals surface area contributed by atoms with Crippen molar-refractivity contribution in [3.05, 3.63) is 65.5 Å². The Morgan fingerprint density at radius 2 is 1.79 bits per heavy atom. The third-order valence-electron chi connectivity index (χ3n) is 5.79. The van der Waals surface area contributed by atoms with Crippen LogP contribution < -0.4 is 10.2 Å². The third kappa shape index (κ3) is 4.48. The smallest absolute Gasteiger partial charge is 0.251 e. The zero-order valence-electron chi connectivity index (χ0n) is 16.4. The standard InChI is InChI=1S/C23H26FN3O2/c24-19-10-8-17(9-11-19)21(26-12-1-2-13-26)16-25-23(29)18-5-3-6-20(15-18)27-14-4-7-22(27)28/h3,5-6,8-11,15,21H,1-2,4,7,12-14,16H2,(H,25,29)/t21-/m0/s1. The van der Waals surface area contributed by atoms with Gasteiger partial charge in [-0.3, -0.25) is 14.5 Å². The van der Waals surface area contributed by atoms with Crippen LogP contribution in [0.15, 0.2) is 48.5 Å². The molecule has 2 saturated heterocycles. The molecule has 5 nitrogen and oxygen atoms in total. The van der Waals surface area contributed by atoms with E-state index in [-0.39, 0.29) is 23.7 Å². The lowest BCUT2D eigenvalue weighted by atomic mass is 10.0. The lowest BCUT2D eigenvalue weighted by Gasteiger charge is -2.28. The molecule has 2 aliphatic rings. The first-order valence-corrected chi connectivity index (χ1v) is 10.3. The van der Waals surface area contributed by atoms with E-state index < -0.39 is 0 Å². The number of halogens is 1. The van der Waals surface area contributed by atoms with Gasteiger partial charge in [-0.15, -0.1) is 0 Å². The van der Waals surface area contributed by atoms with Gasteiger partial charge in [0.2, 0.25) is 5.91 Å². The normalized spacial score (nSPS) is 18.2. The van der Waals surface area contributed by atoms with E-state index in [4.69, 9.17) is 0 Å². The highest BCUT2D eigenvalue weighted by Crippen LogP contribution is 2.26. The van der Waals surface area contributed by atoms with Crippen LogP contribution >= 0.6 is 0 Å². The summed E-state index contributed by atoms with van der Waals surface area (Å²) in [6, 6.07) is 13.8. The van der Waals surface area contributed by atoms with Gasteiger partial charge >= 0.3 is 0 Å². The fraction of sp³-hybridized carbons (Fsp3) is 0.391. The summed E-state index contributed by atoms with van der Waals surface area (Å²) in [6.07, 6.45) is 3.69. The summed E-state index contributed by atoms with van der Waals surface area (Å²) in [5, 5.41) is 3.04. The van der Waals surface area contributed by atoms with Crippen LogP contribution in [-0.4, -0.2) is 42.9 Å². The maximum Gasteiger partial charge on any atom is 0.251 e. The Kier molecular flexibility index (Phi) is 5.90. The summed E-state index contributed by atoms with van der Waals surface area (Å²) in [6.45, 7) is 3.11. The lowest BCUT2D eigenvalue weighted by molar-refractivity contribution is -0.117. The number of benzene rings is 2. The molecule has 0 bridgehead atoms. The molecule has 2 aromatic rings. The highest BCUT2D eigenvalue weighted by atomic mass is 19.1. The Balaban J connectivity index is 1.46. The summed E-state index contributed by atoms with van der Waals surface area (Å²) in [5.74, 6) is -0.316. The van der Waals surface area contributed by atoms with E-state index >= 15 is 0 Å². The zero-order valence-corrected chi connectivity index (χ0v) is 16.4. The first-order valence-electron chi connectivity index (χ1n) is 10.3. The zero-order chi connectivity index (χ0) is 20.2. The van der Waals surface area contributed by atoms with E-state index in [1.165, 1.54) is 12.1 Å². The van der Waals surface area contributed by atoms with Crippen molar-refractivity contribution in [3.8, 4) is 0 Å². The summed E-state index contributed by atoms with van der Waals surface area (Å²) in [4.78, 5) is 28.9. The van der Waals surface area contributed by atoms with Gasteiger partial charge in [-0.2, -0.15) is 0 Å². The van der Waals surface area contributed by atoms with Crippen LogP contribution in [-0.2, 0) is 4.79 Å². The Morgan fingerprint density at radius 3 is 2.48 bits per heavy atom. The molecule has 152 valence electrons. The van der Waals surface area contributed by atoms with Gasteiger partial charge in [0.15, 0.2) is 0 Å². The van der Waals surface area contributed by atoms with Gasteiger partial charge < -0.3 is 10.2 Å². The number of anilines is 1. The van der Waals surface area contributed by atoms with Crippen LogP contribution in [0.2, 0.25) is 0 Å². The van der Waals surface area contributed by atoms with E-state index in [9.17, 15) is 14.0 Å². The van der Waals surface area contributed by atoms with Crippen LogP contribution in [0.25, 0.3) is 0 Å². The molecule has 0 saturated carbocycles. The summed E-state index contributed by atoms with van der Waals surface area (Å²) in [7, 11) is 0. The maximum absolute atomic E-state index is 13.3. The summed E-state index contributed by atoms with van der Waals surface area (Å²) >= 11 is 0. The van der Waals surface area contributed by atoms with Crippen molar-refractivity contribution in [2.24, 2.45) is 0 Å². The molecule has 2 amide bonds. The lowest BCUT2D eigenvalue weighted by Crippen LogP contribution is -2.36. The fourth-order valence-electron chi connectivity index (χ4n) is 4.22. The number of carbonyl (C=O) groups is 2. The van der Waals surface area contributed by atoms with Crippen molar-refractivity contribution in [2.45, 2.75) is 31.7 Å². The Hall–Kier alpha value is -2.73. The third-order valence-corrected chi connectivity index (χ3v) is 5.79. The second kappa shape index (κ2) is 8.74. The number of amides is 2. The van der Waals surface area contributed by atoms with E-state index in [0.717, 1.165) is 43.6 Å². The van der Waals surface area contributed by atoms with E-state index in [1.807, 2.05) is 12.1 Å². The molecule has 1 N–H and O–H groups in total. The van der Waals surface area contributed by atoms with Gasteiger partial charge in [0, 0.05) is 30.8 Å². The van der Waals surface area contributed by atoms with Crippen LogP contribution in [0.1, 0.15) is 47.6 Å². The molecule has 2 aromatic carbocycles. The number of nitrogens with one attached hydrogen (secondary N) is 1. The van der Waals surface area contributed by atoms with E-state index in [1.54, 1.807) is 29.2 Å². The average molecular weight is 395 g/mol. The monoisotopic (exact) mass is 395 g/mol. The first kappa shape index (κ1) is 19.6. The second-order valence-corrected chi connectivity index (χ2v) is 7.72. The quantitative estimate of drug-likeness (QED) is 0.814. The highest BCUT2D eigenvalue weighted by molar-refractivity contribution is 5.99. The molecular formula is C23H26FN3O2. The van der Waals surface area contributed by atoms with Crippen molar-refractivity contribution in [3.63, 3.8) is 0 Å². The molecule has 0 spiro atoms. The Labute approximate surface area is 170 Å². The Bertz CT molecular complexity index is 878. The minimum absolute atomic E-state index is 0.0189. The van der Waals surface area contributed by atoms with Crippen LogP contribution in [0.5, 0.6) is 0 Å². The molecule has 1 atom stereocenters. The van der Waals surface area contributed by atoms with Gasteiger partial charge in [-0.1, -0.05) is 18.2 Å². The molecule has 2 heterocycles. The summed E-state index contributed by atoms with van der Waals surface area (Å²) in [5.41, 5.74) is 2.32. The molecule has 0 unspecified atom stereocenters. The van der Waals surface area contributed by atoms with Gasteiger partial charge in [0.05, 0.1) is 6.04 Å². The average Bonchev–Trinajstić information content (AvgIpc) is 3.41. The molecule has 0 aromatic heterocycles.